The number of aryl methyl sites for hydroxylation is 1. The second-order valence-corrected chi connectivity index (χ2v) is 6.46. The van der Waals surface area contributed by atoms with E-state index in [1.165, 1.54) is 0 Å². The fraction of sp³-hybridized carbons (Fsp3) is 0.294. The van der Waals surface area contributed by atoms with Crippen LogP contribution in [-0.2, 0) is 6.61 Å². The first-order valence-corrected chi connectivity index (χ1v) is 8.44. The van der Waals surface area contributed by atoms with Gasteiger partial charge in [0.1, 0.15) is 17.3 Å². The highest BCUT2D eigenvalue weighted by Crippen LogP contribution is 2.28. The molecule has 23 heavy (non-hydrogen) atoms. The number of aliphatic hydroxyl groups is 1. The number of amidine groups is 1. The van der Waals surface area contributed by atoms with Crippen molar-refractivity contribution in [1.82, 2.24) is 4.98 Å². The molecule has 5 nitrogen and oxygen atoms in total. The Bertz CT molecular complexity index is 734. The van der Waals surface area contributed by atoms with Crippen LogP contribution in [0.2, 0.25) is 0 Å². The number of hydrogen-bond donors (Lipinski definition) is 2. The Balaban J connectivity index is 1.76. The molecule has 1 aromatic carbocycles. The predicted molar refractivity (Wildman–Crippen MR) is 94.4 cm³/mol. The number of aliphatic hydroxyl groups excluding tert-OH is 1. The van der Waals surface area contributed by atoms with Crippen molar-refractivity contribution in [3.63, 3.8) is 0 Å². The molecular formula is C17H19N3O2S. The number of rotatable bonds is 4. The highest BCUT2D eigenvalue weighted by Gasteiger charge is 2.14. The van der Waals surface area contributed by atoms with Gasteiger partial charge in [-0.3, -0.25) is 4.99 Å². The molecule has 1 unspecified atom stereocenters. The van der Waals surface area contributed by atoms with Crippen LogP contribution >= 0.6 is 11.8 Å². The van der Waals surface area contributed by atoms with Crippen LogP contribution in [0.4, 0.5) is 5.82 Å². The Labute approximate surface area is 139 Å². The minimum Gasteiger partial charge on any atom is -0.457 e. The molecule has 1 aromatic heterocycles. The van der Waals surface area contributed by atoms with Gasteiger partial charge in [-0.1, -0.05) is 23.9 Å². The zero-order valence-corrected chi connectivity index (χ0v) is 13.9. The maximum absolute atomic E-state index is 9.25. The number of nitrogens with one attached hydrogen (secondary N) is 1. The van der Waals surface area contributed by atoms with E-state index in [9.17, 15) is 5.11 Å². The fourth-order valence-electron chi connectivity index (χ4n) is 2.17. The molecule has 0 radical (unpaired) electrons. The van der Waals surface area contributed by atoms with Crippen molar-refractivity contribution in [2.75, 3.05) is 11.1 Å². The van der Waals surface area contributed by atoms with Gasteiger partial charge in [-0.25, -0.2) is 4.98 Å². The minimum absolute atomic E-state index is 0.00494. The number of benzene rings is 1. The van der Waals surface area contributed by atoms with Gasteiger partial charge in [-0.05, 0) is 37.1 Å². The molecule has 0 saturated heterocycles. The second-order valence-electron chi connectivity index (χ2n) is 5.46. The number of ether oxygens (including phenoxy) is 1. The molecule has 0 amide bonds. The van der Waals surface area contributed by atoms with Gasteiger partial charge in [0.05, 0.1) is 12.6 Å². The standard InChI is InChI=1S/C17H19N3O2S/c1-11-3-4-13(9-21)7-15(11)22-14-5-6-18-16(8-14)20-17-19-12(2)10-23-17/h3-8,12,21H,9-10H2,1-2H3,(H,18,19,20). The van der Waals surface area contributed by atoms with Gasteiger partial charge < -0.3 is 15.2 Å². The first-order valence-electron chi connectivity index (χ1n) is 7.46. The molecule has 1 aliphatic heterocycles. The van der Waals surface area contributed by atoms with Crippen LogP contribution in [0.15, 0.2) is 41.5 Å². The largest absolute Gasteiger partial charge is 0.457 e. The predicted octanol–water partition coefficient (Wildman–Crippen LogP) is 3.58. The lowest BCUT2D eigenvalue weighted by atomic mass is 10.1. The van der Waals surface area contributed by atoms with Crippen LogP contribution in [0.25, 0.3) is 0 Å². The molecule has 1 aliphatic rings. The van der Waals surface area contributed by atoms with Crippen LogP contribution in [0, 0.1) is 6.92 Å². The molecule has 2 heterocycles. The number of aromatic nitrogens is 1. The van der Waals surface area contributed by atoms with Crippen LogP contribution < -0.4 is 10.1 Å². The quantitative estimate of drug-likeness (QED) is 0.897. The Kier molecular flexibility index (Phi) is 4.83. The van der Waals surface area contributed by atoms with E-state index in [2.05, 4.69) is 22.2 Å². The summed E-state index contributed by atoms with van der Waals surface area (Å²) >= 11 is 1.69. The van der Waals surface area contributed by atoms with Crippen molar-refractivity contribution < 1.29 is 9.84 Å². The Morgan fingerprint density at radius 1 is 1.35 bits per heavy atom. The molecule has 1 atom stereocenters. The Morgan fingerprint density at radius 2 is 2.22 bits per heavy atom. The van der Waals surface area contributed by atoms with Gasteiger partial charge in [0, 0.05) is 18.0 Å². The lowest BCUT2D eigenvalue weighted by molar-refractivity contribution is 0.281. The molecule has 2 aromatic rings. The third-order valence-corrected chi connectivity index (χ3v) is 4.56. The molecule has 6 heteroatoms. The summed E-state index contributed by atoms with van der Waals surface area (Å²) in [6.45, 7) is 4.06. The van der Waals surface area contributed by atoms with Crippen molar-refractivity contribution in [2.45, 2.75) is 26.5 Å². The zero-order valence-electron chi connectivity index (χ0n) is 13.1. The van der Waals surface area contributed by atoms with Crippen molar-refractivity contribution in [2.24, 2.45) is 4.99 Å². The third kappa shape index (κ3) is 4.03. The normalized spacial score (nSPS) is 17.0. The lowest BCUT2D eigenvalue weighted by Crippen LogP contribution is -2.06. The average Bonchev–Trinajstić information content (AvgIpc) is 2.95. The van der Waals surface area contributed by atoms with Gasteiger partial charge in [-0.2, -0.15) is 0 Å². The van der Waals surface area contributed by atoms with E-state index < -0.39 is 0 Å². The van der Waals surface area contributed by atoms with Crippen LogP contribution in [0.3, 0.4) is 0 Å². The molecule has 0 bridgehead atoms. The molecule has 120 valence electrons. The van der Waals surface area contributed by atoms with E-state index in [1.54, 1.807) is 18.0 Å². The number of hydrogen-bond acceptors (Lipinski definition) is 6. The highest BCUT2D eigenvalue weighted by molar-refractivity contribution is 8.14. The average molecular weight is 329 g/mol. The van der Waals surface area contributed by atoms with Gasteiger partial charge in [0.2, 0.25) is 0 Å². The lowest BCUT2D eigenvalue weighted by Gasteiger charge is -2.11. The second kappa shape index (κ2) is 7.02. The van der Waals surface area contributed by atoms with E-state index >= 15 is 0 Å². The molecule has 0 aliphatic carbocycles. The third-order valence-electron chi connectivity index (χ3n) is 3.43. The van der Waals surface area contributed by atoms with E-state index in [0.717, 1.165) is 27.8 Å². The fourth-order valence-corrected chi connectivity index (χ4v) is 3.08. The van der Waals surface area contributed by atoms with Crippen molar-refractivity contribution >= 4 is 22.7 Å². The summed E-state index contributed by atoms with van der Waals surface area (Å²) in [6.07, 6.45) is 1.70. The van der Waals surface area contributed by atoms with E-state index in [1.807, 2.05) is 37.3 Å². The smallest absolute Gasteiger partial charge is 0.162 e. The number of nitrogens with zero attached hydrogens (tertiary/aromatic N) is 2. The monoisotopic (exact) mass is 329 g/mol. The van der Waals surface area contributed by atoms with Crippen molar-refractivity contribution in [3.8, 4) is 11.5 Å². The number of anilines is 1. The summed E-state index contributed by atoms with van der Waals surface area (Å²) in [5.41, 5.74) is 1.83. The number of aliphatic imine (C=N–C) groups is 1. The zero-order chi connectivity index (χ0) is 16.2. The Morgan fingerprint density at radius 3 is 2.96 bits per heavy atom. The van der Waals surface area contributed by atoms with Crippen molar-refractivity contribution in [1.29, 1.82) is 0 Å². The first kappa shape index (κ1) is 15.8. The summed E-state index contributed by atoms with van der Waals surface area (Å²) in [5.74, 6) is 3.12. The first-order chi connectivity index (χ1) is 11.1. The van der Waals surface area contributed by atoms with Gasteiger partial charge in [0.15, 0.2) is 5.17 Å². The van der Waals surface area contributed by atoms with Crippen molar-refractivity contribution in [3.05, 3.63) is 47.7 Å². The topological polar surface area (TPSA) is 66.7 Å². The van der Waals surface area contributed by atoms with E-state index in [0.29, 0.717) is 17.6 Å². The summed E-state index contributed by atoms with van der Waals surface area (Å²) in [7, 11) is 0. The molecule has 3 rings (SSSR count). The molecule has 0 fully saturated rings. The van der Waals surface area contributed by atoms with E-state index in [-0.39, 0.29) is 6.61 Å². The summed E-state index contributed by atoms with van der Waals surface area (Å²) in [4.78, 5) is 8.79. The SMILES string of the molecule is Cc1ccc(CO)cc1Oc1ccnc(NC2=NC(C)CS2)c1. The number of pyridine rings is 1. The molecule has 0 spiro atoms. The minimum atomic E-state index is -0.00494. The molecular weight excluding hydrogens is 310 g/mol. The molecule has 2 N–H and O–H groups in total. The maximum Gasteiger partial charge on any atom is 0.162 e. The van der Waals surface area contributed by atoms with Gasteiger partial charge in [0.25, 0.3) is 0 Å². The summed E-state index contributed by atoms with van der Waals surface area (Å²) < 4.78 is 5.94. The Hall–Kier alpha value is -2.05. The highest BCUT2D eigenvalue weighted by atomic mass is 32.2. The summed E-state index contributed by atoms with van der Waals surface area (Å²) in [5, 5.41) is 13.4. The van der Waals surface area contributed by atoms with Gasteiger partial charge in [-0.15, -0.1) is 0 Å². The van der Waals surface area contributed by atoms with Crippen LogP contribution in [-0.4, -0.2) is 27.1 Å². The van der Waals surface area contributed by atoms with Gasteiger partial charge >= 0.3 is 0 Å². The summed E-state index contributed by atoms with van der Waals surface area (Å²) in [6, 6.07) is 9.66. The molecule has 0 saturated carbocycles. The maximum atomic E-state index is 9.25. The van der Waals surface area contributed by atoms with Crippen LogP contribution in [0.1, 0.15) is 18.1 Å². The number of thioether (sulfide) groups is 1. The van der Waals surface area contributed by atoms with Crippen LogP contribution in [0.5, 0.6) is 11.5 Å². The van der Waals surface area contributed by atoms with E-state index in [4.69, 9.17) is 4.74 Å².